The standard InChI is InChI=1S/C14H11Br2ClFN/c15-9-3-4-12(17)11(6-9)14(19)5-8-1-2-10(16)7-13(8)18/h1-4,6-7,14H,5,19H2. The zero-order valence-electron chi connectivity index (χ0n) is 9.84. The van der Waals surface area contributed by atoms with Crippen LogP contribution < -0.4 is 5.73 Å². The second-order valence-corrected chi connectivity index (χ2v) is 6.45. The van der Waals surface area contributed by atoms with Gasteiger partial charge in [0.1, 0.15) is 5.82 Å². The first-order valence-corrected chi connectivity index (χ1v) is 7.58. The number of hydrogen-bond donors (Lipinski definition) is 1. The van der Waals surface area contributed by atoms with Gasteiger partial charge in [0.25, 0.3) is 0 Å². The normalized spacial score (nSPS) is 12.5. The van der Waals surface area contributed by atoms with E-state index in [9.17, 15) is 4.39 Å². The van der Waals surface area contributed by atoms with Crippen LogP contribution in [-0.4, -0.2) is 0 Å². The van der Waals surface area contributed by atoms with Crippen molar-refractivity contribution in [1.29, 1.82) is 0 Å². The maximum atomic E-state index is 13.8. The molecule has 1 atom stereocenters. The summed E-state index contributed by atoms with van der Waals surface area (Å²) in [7, 11) is 0. The van der Waals surface area contributed by atoms with Crippen LogP contribution in [0.15, 0.2) is 45.3 Å². The monoisotopic (exact) mass is 405 g/mol. The van der Waals surface area contributed by atoms with E-state index in [0.29, 0.717) is 21.5 Å². The molecule has 0 saturated heterocycles. The maximum absolute atomic E-state index is 13.8. The molecule has 1 nitrogen and oxygen atoms in total. The number of benzene rings is 2. The molecule has 0 radical (unpaired) electrons. The van der Waals surface area contributed by atoms with Crippen molar-refractivity contribution in [2.75, 3.05) is 0 Å². The maximum Gasteiger partial charge on any atom is 0.127 e. The zero-order valence-corrected chi connectivity index (χ0v) is 13.8. The third-order valence-electron chi connectivity index (χ3n) is 2.81. The van der Waals surface area contributed by atoms with E-state index in [1.165, 1.54) is 6.07 Å². The van der Waals surface area contributed by atoms with Crippen molar-refractivity contribution in [2.24, 2.45) is 5.73 Å². The van der Waals surface area contributed by atoms with Crippen LogP contribution in [0, 0.1) is 5.82 Å². The molecule has 0 saturated carbocycles. The summed E-state index contributed by atoms with van der Waals surface area (Å²) in [4.78, 5) is 0. The van der Waals surface area contributed by atoms with Gasteiger partial charge in [0.2, 0.25) is 0 Å². The van der Waals surface area contributed by atoms with E-state index in [1.807, 2.05) is 12.1 Å². The van der Waals surface area contributed by atoms with E-state index in [4.69, 9.17) is 17.3 Å². The first-order chi connectivity index (χ1) is 8.97. The van der Waals surface area contributed by atoms with Gasteiger partial charge in [-0.3, -0.25) is 0 Å². The number of rotatable bonds is 3. The molecule has 0 aliphatic heterocycles. The van der Waals surface area contributed by atoms with Gasteiger partial charge in [0, 0.05) is 20.0 Å². The summed E-state index contributed by atoms with van der Waals surface area (Å²) in [5.74, 6) is -0.268. The smallest absolute Gasteiger partial charge is 0.127 e. The summed E-state index contributed by atoms with van der Waals surface area (Å²) in [6.45, 7) is 0. The summed E-state index contributed by atoms with van der Waals surface area (Å²) in [6, 6.07) is 10.1. The lowest BCUT2D eigenvalue weighted by molar-refractivity contribution is 0.592. The van der Waals surface area contributed by atoms with Crippen LogP contribution in [0.2, 0.25) is 5.02 Å². The van der Waals surface area contributed by atoms with Gasteiger partial charge >= 0.3 is 0 Å². The molecule has 2 N–H and O–H groups in total. The van der Waals surface area contributed by atoms with Gasteiger partial charge in [-0.05, 0) is 47.9 Å². The van der Waals surface area contributed by atoms with Crippen LogP contribution in [0.5, 0.6) is 0 Å². The molecule has 2 rings (SSSR count). The minimum Gasteiger partial charge on any atom is -0.324 e. The summed E-state index contributed by atoms with van der Waals surface area (Å²) in [5.41, 5.74) is 7.50. The Morgan fingerprint density at radius 3 is 2.42 bits per heavy atom. The van der Waals surface area contributed by atoms with Gasteiger partial charge in [0.15, 0.2) is 0 Å². The minimum absolute atomic E-state index is 0.268. The Morgan fingerprint density at radius 2 is 1.74 bits per heavy atom. The molecule has 19 heavy (non-hydrogen) atoms. The van der Waals surface area contributed by atoms with Gasteiger partial charge < -0.3 is 5.73 Å². The average molecular weight is 408 g/mol. The van der Waals surface area contributed by atoms with E-state index >= 15 is 0 Å². The first-order valence-electron chi connectivity index (χ1n) is 5.62. The van der Waals surface area contributed by atoms with Gasteiger partial charge in [-0.15, -0.1) is 0 Å². The second-order valence-electron chi connectivity index (χ2n) is 4.21. The molecule has 0 fully saturated rings. The molecule has 2 aromatic rings. The van der Waals surface area contributed by atoms with E-state index < -0.39 is 0 Å². The number of halogens is 4. The predicted molar refractivity (Wildman–Crippen MR) is 83.9 cm³/mol. The average Bonchev–Trinajstić information content (AvgIpc) is 2.35. The third-order valence-corrected chi connectivity index (χ3v) is 4.14. The van der Waals surface area contributed by atoms with Crippen molar-refractivity contribution in [3.05, 3.63) is 67.3 Å². The molecule has 0 heterocycles. The molecule has 0 aliphatic carbocycles. The topological polar surface area (TPSA) is 26.0 Å². The summed E-state index contributed by atoms with van der Waals surface area (Å²) in [6.07, 6.45) is 0.398. The van der Waals surface area contributed by atoms with Crippen molar-refractivity contribution in [1.82, 2.24) is 0 Å². The summed E-state index contributed by atoms with van der Waals surface area (Å²) >= 11 is 12.7. The predicted octanol–water partition coefficient (Wildman–Crippen LogP) is 5.25. The molecule has 0 amide bonds. The van der Waals surface area contributed by atoms with Crippen molar-refractivity contribution in [2.45, 2.75) is 12.5 Å². The SMILES string of the molecule is NC(Cc1ccc(Br)cc1F)c1cc(Br)ccc1Cl. The molecule has 0 aliphatic rings. The van der Waals surface area contributed by atoms with Crippen LogP contribution in [0.3, 0.4) is 0 Å². The molecule has 2 aromatic carbocycles. The molecule has 0 bridgehead atoms. The largest absolute Gasteiger partial charge is 0.324 e. The fourth-order valence-corrected chi connectivity index (χ4v) is 2.80. The lowest BCUT2D eigenvalue weighted by Crippen LogP contribution is -2.14. The third kappa shape index (κ3) is 3.78. The molecular formula is C14H11Br2ClFN. The first kappa shape index (κ1) is 15.0. The van der Waals surface area contributed by atoms with Gasteiger partial charge in [-0.2, -0.15) is 0 Å². The summed E-state index contributed by atoms with van der Waals surface area (Å²) < 4.78 is 15.4. The lowest BCUT2D eigenvalue weighted by Gasteiger charge is -2.15. The molecular weight excluding hydrogens is 396 g/mol. The highest BCUT2D eigenvalue weighted by Gasteiger charge is 2.14. The summed E-state index contributed by atoms with van der Waals surface area (Å²) in [5, 5.41) is 0.591. The van der Waals surface area contributed by atoms with E-state index in [1.54, 1.807) is 18.2 Å². The molecule has 1 unspecified atom stereocenters. The lowest BCUT2D eigenvalue weighted by atomic mass is 9.99. The van der Waals surface area contributed by atoms with Gasteiger partial charge in [-0.25, -0.2) is 4.39 Å². The van der Waals surface area contributed by atoms with Gasteiger partial charge in [-0.1, -0.05) is 49.5 Å². The highest BCUT2D eigenvalue weighted by atomic mass is 79.9. The fourth-order valence-electron chi connectivity index (χ4n) is 1.83. The quantitative estimate of drug-likeness (QED) is 0.739. The van der Waals surface area contributed by atoms with Crippen molar-refractivity contribution >= 4 is 43.5 Å². The van der Waals surface area contributed by atoms with E-state index in [2.05, 4.69) is 31.9 Å². The van der Waals surface area contributed by atoms with Crippen molar-refractivity contribution in [3.63, 3.8) is 0 Å². The van der Waals surface area contributed by atoms with Crippen LogP contribution in [0.25, 0.3) is 0 Å². The van der Waals surface area contributed by atoms with Crippen LogP contribution >= 0.6 is 43.5 Å². The van der Waals surface area contributed by atoms with Crippen molar-refractivity contribution < 1.29 is 4.39 Å². The Kier molecular flexibility index (Phi) is 5.01. The highest BCUT2D eigenvalue weighted by molar-refractivity contribution is 9.10. The number of hydrogen-bond acceptors (Lipinski definition) is 1. The Bertz CT molecular complexity index is 604. The Hall–Kier alpha value is -0.420. The van der Waals surface area contributed by atoms with Crippen LogP contribution in [0.1, 0.15) is 17.2 Å². The molecule has 0 spiro atoms. The second kappa shape index (κ2) is 6.35. The highest BCUT2D eigenvalue weighted by Crippen LogP contribution is 2.28. The van der Waals surface area contributed by atoms with E-state index in [-0.39, 0.29) is 11.9 Å². The molecule has 0 aromatic heterocycles. The Morgan fingerprint density at radius 1 is 1.11 bits per heavy atom. The molecule has 100 valence electrons. The Labute approximate surface area is 133 Å². The van der Waals surface area contributed by atoms with E-state index in [0.717, 1.165) is 10.0 Å². The fraction of sp³-hybridized carbons (Fsp3) is 0.143. The van der Waals surface area contributed by atoms with Crippen LogP contribution in [0.4, 0.5) is 4.39 Å². The zero-order chi connectivity index (χ0) is 14.0. The van der Waals surface area contributed by atoms with Crippen LogP contribution in [-0.2, 0) is 6.42 Å². The van der Waals surface area contributed by atoms with Gasteiger partial charge in [0.05, 0.1) is 0 Å². The molecule has 5 heteroatoms. The minimum atomic E-state index is -0.347. The number of nitrogens with two attached hydrogens (primary N) is 1. The Balaban J connectivity index is 2.25. The van der Waals surface area contributed by atoms with Crippen molar-refractivity contribution in [3.8, 4) is 0 Å².